The van der Waals surface area contributed by atoms with E-state index < -0.39 is 63.5 Å². The van der Waals surface area contributed by atoms with Crippen molar-refractivity contribution >= 4 is 33.6 Å². The molecule has 2 fully saturated rings. The van der Waals surface area contributed by atoms with Crippen molar-refractivity contribution in [3.8, 4) is 0 Å². The molecule has 2 aliphatic rings. The molecular weight excluding hydrogens is 660 g/mol. The third-order valence-corrected chi connectivity index (χ3v) is 8.86. The molecule has 0 radical (unpaired) electrons. The quantitative estimate of drug-likeness (QED) is 0.191. The van der Waals surface area contributed by atoms with E-state index in [1.165, 1.54) is 23.1 Å². The summed E-state index contributed by atoms with van der Waals surface area (Å²) in [6.45, 7) is 1.33. The number of rotatable bonds is 12. The van der Waals surface area contributed by atoms with Crippen LogP contribution in [0.15, 0.2) is 30.3 Å². The zero-order chi connectivity index (χ0) is 34.6. The first kappa shape index (κ1) is 36.1. The Balaban J connectivity index is 1.32. The lowest BCUT2D eigenvalue weighted by Crippen LogP contribution is -2.57. The van der Waals surface area contributed by atoms with E-state index in [4.69, 9.17) is 10.3 Å². The van der Waals surface area contributed by atoms with Crippen LogP contribution in [0.25, 0.3) is 0 Å². The highest BCUT2D eigenvalue weighted by Gasteiger charge is 2.40. The maximum Gasteiger partial charge on any atom is 0.451 e. The highest BCUT2D eigenvalue weighted by atomic mass is 32.2. The van der Waals surface area contributed by atoms with Crippen molar-refractivity contribution < 1.29 is 48.9 Å². The predicted octanol–water partition coefficient (Wildman–Crippen LogP) is 2.39. The van der Waals surface area contributed by atoms with Crippen LogP contribution in [0.1, 0.15) is 42.6 Å². The second-order valence-electron chi connectivity index (χ2n) is 11.5. The molecule has 1 aromatic heterocycles. The molecule has 1 unspecified atom stereocenters. The summed E-state index contributed by atoms with van der Waals surface area (Å²) in [5, 5.41) is 5.21. The van der Waals surface area contributed by atoms with Gasteiger partial charge >= 0.3 is 12.4 Å². The van der Waals surface area contributed by atoms with Crippen molar-refractivity contribution in [2.45, 2.75) is 56.5 Å². The van der Waals surface area contributed by atoms with Gasteiger partial charge in [0.15, 0.2) is 0 Å². The zero-order valence-corrected chi connectivity index (χ0v) is 25.8. The summed E-state index contributed by atoms with van der Waals surface area (Å²) >= 11 is 0. The highest BCUT2D eigenvalue weighted by molar-refractivity contribution is 7.85. The molecule has 0 spiro atoms. The number of aromatic nitrogens is 2. The first-order valence-corrected chi connectivity index (χ1v) is 16.4. The molecule has 47 heavy (non-hydrogen) atoms. The van der Waals surface area contributed by atoms with Crippen molar-refractivity contribution in [2.24, 2.45) is 11.7 Å². The van der Waals surface area contributed by atoms with Crippen LogP contribution < -0.4 is 26.2 Å². The molecular formula is C28H35F6N7O5S. The number of carbonyl (C=O) groups excluding carboxylic acids is 2. The number of piperidine rings is 1. The zero-order valence-electron chi connectivity index (χ0n) is 25.0. The fraction of sp³-hybridized carbons (Fsp3) is 0.571. The number of nitrogens with one attached hydrogen (secondary N) is 2. The lowest BCUT2D eigenvalue weighted by atomic mass is 9.93. The molecule has 19 heteroatoms. The molecule has 1 aromatic carbocycles. The number of alkyl halides is 6. The second kappa shape index (κ2) is 14.6. The Kier molecular flexibility index (Phi) is 11.2. The van der Waals surface area contributed by atoms with Gasteiger partial charge in [-0.05, 0) is 55.7 Å². The van der Waals surface area contributed by atoms with Crippen LogP contribution in [0, 0.1) is 5.92 Å². The number of halogens is 6. The summed E-state index contributed by atoms with van der Waals surface area (Å²) in [7, 11) is -4.41. The number of nitrogens with zero attached hydrogens (tertiary/aromatic N) is 4. The van der Waals surface area contributed by atoms with Crippen LogP contribution in [0.3, 0.4) is 0 Å². The summed E-state index contributed by atoms with van der Waals surface area (Å²) in [6, 6.07) is 3.75. The Bertz CT molecular complexity index is 1520. The first-order valence-electron chi connectivity index (χ1n) is 14.8. The predicted molar refractivity (Wildman–Crippen MR) is 158 cm³/mol. The third-order valence-electron chi connectivity index (χ3n) is 8.08. The minimum absolute atomic E-state index is 0.0532. The molecule has 0 saturated carbocycles. The normalized spacial score (nSPS) is 18.4. The second-order valence-corrected chi connectivity index (χ2v) is 13.0. The summed E-state index contributed by atoms with van der Waals surface area (Å²) in [4.78, 5) is 35.4. The molecule has 260 valence electrons. The van der Waals surface area contributed by atoms with Crippen molar-refractivity contribution in [1.82, 2.24) is 20.6 Å². The van der Waals surface area contributed by atoms with E-state index in [-0.39, 0.29) is 43.6 Å². The molecule has 2 amide bonds. The van der Waals surface area contributed by atoms with Crippen LogP contribution in [0.2, 0.25) is 0 Å². The number of carbonyl (C=O) groups is 2. The topological polar surface area (TPSA) is 171 Å². The van der Waals surface area contributed by atoms with E-state index in [2.05, 4.69) is 20.6 Å². The molecule has 0 aliphatic carbocycles. The van der Waals surface area contributed by atoms with Gasteiger partial charge < -0.3 is 26.2 Å². The highest BCUT2D eigenvalue weighted by Crippen LogP contribution is 2.34. The molecule has 0 bridgehead atoms. The van der Waals surface area contributed by atoms with E-state index in [9.17, 15) is 44.3 Å². The van der Waals surface area contributed by atoms with Gasteiger partial charge in [-0.1, -0.05) is 12.1 Å². The number of anilines is 2. The van der Waals surface area contributed by atoms with E-state index in [0.717, 1.165) is 12.1 Å². The summed E-state index contributed by atoms with van der Waals surface area (Å²) in [5.74, 6) is -3.31. The van der Waals surface area contributed by atoms with Crippen LogP contribution in [0.5, 0.6) is 0 Å². The van der Waals surface area contributed by atoms with Crippen molar-refractivity contribution in [2.75, 3.05) is 48.3 Å². The Morgan fingerprint density at radius 3 is 2.13 bits per heavy atom. The summed E-state index contributed by atoms with van der Waals surface area (Å²) in [5.41, 5.74) is 5.27. The number of amides is 2. The number of benzene rings is 1. The summed E-state index contributed by atoms with van der Waals surface area (Å²) < 4.78 is 110. The molecule has 12 nitrogen and oxygen atoms in total. The Morgan fingerprint density at radius 2 is 1.57 bits per heavy atom. The lowest BCUT2D eigenvalue weighted by molar-refractivity contribution is -0.144. The Labute approximate surface area is 266 Å². The van der Waals surface area contributed by atoms with E-state index >= 15 is 0 Å². The fourth-order valence-corrected chi connectivity index (χ4v) is 5.99. The third kappa shape index (κ3) is 10.1. The number of hydrogen-bond donors (Lipinski definition) is 4. The van der Waals surface area contributed by atoms with Gasteiger partial charge in [0.2, 0.25) is 17.6 Å². The minimum Gasteiger partial charge on any atom is -0.356 e. The van der Waals surface area contributed by atoms with Gasteiger partial charge in [-0.25, -0.2) is 9.97 Å². The Morgan fingerprint density at radius 1 is 0.936 bits per heavy atom. The molecule has 2 saturated heterocycles. The van der Waals surface area contributed by atoms with Crippen molar-refractivity contribution in [3.05, 3.63) is 47.3 Å². The Hall–Kier alpha value is -3.71. The van der Waals surface area contributed by atoms with Gasteiger partial charge in [-0.15, -0.1) is 0 Å². The smallest absolute Gasteiger partial charge is 0.356 e. The lowest BCUT2D eigenvalue weighted by Gasteiger charge is -2.41. The average Bonchev–Trinajstić information content (AvgIpc) is 2.95. The van der Waals surface area contributed by atoms with Crippen LogP contribution in [-0.4, -0.2) is 85.3 Å². The van der Waals surface area contributed by atoms with Gasteiger partial charge in [-0.2, -0.15) is 34.8 Å². The van der Waals surface area contributed by atoms with Crippen molar-refractivity contribution in [3.63, 3.8) is 0 Å². The van der Waals surface area contributed by atoms with Gasteiger partial charge in [0.25, 0.3) is 10.1 Å². The monoisotopic (exact) mass is 695 g/mol. The SMILES string of the molecule is NC(CS(=O)(=O)O)C(=O)NCCC1CCN(c2cc(N3CC[C@H]3C(=O)NCCc3ccc(C(F)(F)F)cc3)nc(C(F)(F)F)n2)CC1. The standard InChI is InChI=1S/C28H35F6N7O5S/c29-27(30,31)19-3-1-17(2-4-19)5-11-37-25(43)21-9-14-41(21)23-15-22(38-26(39-23)28(32,33)34)40-12-7-18(8-13-40)6-10-36-24(42)20(35)16-47(44,45)46/h1-4,15,18,20-21H,5-14,16,35H2,(H,36,42)(H,37,43)(H,44,45,46)/t20?,21-/m0/s1. The molecule has 2 aromatic rings. The number of hydrogen-bond acceptors (Lipinski definition) is 9. The molecule has 4 rings (SSSR count). The van der Waals surface area contributed by atoms with Gasteiger partial charge in [0.05, 0.1) is 11.3 Å². The fourth-order valence-electron chi connectivity index (χ4n) is 5.38. The number of nitrogens with two attached hydrogens (primary N) is 1. The molecule has 2 atom stereocenters. The van der Waals surface area contributed by atoms with Crippen molar-refractivity contribution in [1.29, 1.82) is 0 Å². The van der Waals surface area contributed by atoms with Crippen LogP contribution in [-0.2, 0) is 38.5 Å². The average molecular weight is 696 g/mol. The van der Waals surface area contributed by atoms with E-state index in [1.54, 1.807) is 4.90 Å². The van der Waals surface area contributed by atoms with Gasteiger partial charge in [0, 0.05) is 38.8 Å². The molecule has 3 heterocycles. The van der Waals surface area contributed by atoms with Crippen LogP contribution in [0.4, 0.5) is 38.0 Å². The molecule has 5 N–H and O–H groups in total. The van der Waals surface area contributed by atoms with Gasteiger partial charge in [-0.3, -0.25) is 14.1 Å². The van der Waals surface area contributed by atoms with Gasteiger partial charge in [0.1, 0.15) is 23.7 Å². The molecule has 2 aliphatic heterocycles. The first-order chi connectivity index (χ1) is 21.9. The minimum atomic E-state index is -4.85. The van der Waals surface area contributed by atoms with E-state index in [0.29, 0.717) is 44.3 Å². The summed E-state index contributed by atoms with van der Waals surface area (Å²) in [6.07, 6.45) is -7.01. The largest absolute Gasteiger partial charge is 0.451 e. The maximum atomic E-state index is 13.8. The van der Waals surface area contributed by atoms with Crippen LogP contribution >= 0.6 is 0 Å². The maximum absolute atomic E-state index is 13.8. The van der Waals surface area contributed by atoms with E-state index in [1.807, 2.05) is 0 Å².